The van der Waals surface area contributed by atoms with Gasteiger partial charge in [0.15, 0.2) is 0 Å². The third-order valence-corrected chi connectivity index (χ3v) is 5.00. The van der Waals surface area contributed by atoms with Crippen LogP contribution in [0.15, 0.2) is 0 Å². The summed E-state index contributed by atoms with van der Waals surface area (Å²) >= 11 is 0. The molecule has 0 bridgehead atoms. The first-order valence-electron chi connectivity index (χ1n) is 10.5. The standard InChI is InChI=1S/C19H34N6O6/c1-11(19(30)31)23-17(28)13(5-2-3-9-20)24-18(29)14(7-8-15(21)26)25-16(27)12-6-4-10-22-12/h11-14,22H,2-10,20H2,1H3,(H2,21,26)(H,23,28)(H,24,29)(H,25,27)(H,30,31). The van der Waals surface area contributed by atoms with Crippen molar-refractivity contribution in [1.82, 2.24) is 21.3 Å². The second-order valence-corrected chi connectivity index (χ2v) is 7.63. The van der Waals surface area contributed by atoms with Crippen LogP contribution in [-0.4, -0.2) is 72.0 Å². The van der Waals surface area contributed by atoms with Crippen LogP contribution >= 0.6 is 0 Å². The number of nitrogens with one attached hydrogen (secondary N) is 4. The van der Waals surface area contributed by atoms with Gasteiger partial charge in [0.1, 0.15) is 18.1 Å². The number of unbranched alkanes of at least 4 members (excludes halogenated alkanes) is 1. The number of aliphatic carboxylic acids is 1. The van der Waals surface area contributed by atoms with Crippen molar-refractivity contribution in [2.45, 2.75) is 76.0 Å². The lowest BCUT2D eigenvalue weighted by atomic mass is 10.1. The zero-order valence-corrected chi connectivity index (χ0v) is 17.8. The van der Waals surface area contributed by atoms with Gasteiger partial charge in [0, 0.05) is 6.42 Å². The number of amides is 4. The highest BCUT2D eigenvalue weighted by molar-refractivity contribution is 5.94. The average molecular weight is 443 g/mol. The molecule has 12 nitrogen and oxygen atoms in total. The molecule has 0 aromatic carbocycles. The van der Waals surface area contributed by atoms with Crippen molar-refractivity contribution in [2.75, 3.05) is 13.1 Å². The van der Waals surface area contributed by atoms with Crippen molar-refractivity contribution in [3.8, 4) is 0 Å². The zero-order valence-electron chi connectivity index (χ0n) is 17.8. The number of rotatable bonds is 14. The molecule has 0 aromatic heterocycles. The summed E-state index contributed by atoms with van der Waals surface area (Å²) in [6, 6.07) is -3.65. The number of primary amides is 1. The van der Waals surface area contributed by atoms with Crippen LogP contribution in [0.4, 0.5) is 0 Å². The second kappa shape index (κ2) is 13.5. The lowest BCUT2D eigenvalue weighted by Crippen LogP contribution is -2.56. The highest BCUT2D eigenvalue weighted by Crippen LogP contribution is 2.08. The van der Waals surface area contributed by atoms with Gasteiger partial charge in [-0.25, -0.2) is 0 Å². The van der Waals surface area contributed by atoms with Gasteiger partial charge in [-0.1, -0.05) is 0 Å². The summed E-state index contributed by atoms with van der Waals surface area (Å²) in [7, 11) is 0. The van der Waals surface area contributed by atoms with Crippen LogP contribution in [-0.2, 0) is 24.0 Å². The molecule has 1 heterocycles. The van der Waals surface area contributed by atoms with E-state index in [1.165, 1.54) is 6.92 Å². The molecule has 0 aliphatic carbocycles. The topological polar surface area (TPSA) is 206 Å². The first kappa shape index (κ1) is 26.3. The highest BCUT2D eigenvalue weighted by Gasteiger charge is 2.30. The van der Waals surface area contributed by atoms with Crippen molar-refractivity contribution in [2.24, 2.45) is 11.5 Å². The number of hydrogen-bond donors (Lipinski definition) is 7. The van der Waals surface area contributed by atoms with E-state index in [0.29, 0.717) is 32.4 Å². The summed E-state index contributed by atoms with van der Waals surface area (Å²) in [5, 5.41) is 19.5. The Kier molecular flexibility index (Phi) is 11.5. The van der Waals surface area contributed by atoms with E-state index in [2.05, 4.69) is 21.3 Å². The van der Waals surface area contributed by atoms with Crippen LogP contribution in [0.3, 0.4) is 0 Å². The second-order valence-electron chi connectivity index (χ2n) is 7.63. The molecular formula is C19H34N6O6. The minimum atomic E-state index is -1.21. The quantitative estimate of drug-likeness (QED) is 0.145. The molecular weight excluding hydrogens is 408 g/mol. The van der Waals surface area contributed by atoms with E-state index >= 15 is 0 Å². The van der Waals surface area contributed by atoms with E-state index < -0.39 is 47.9 Å². The molecule has 0 aromatic rings. The Bertz CT molecular complexity index is 652. The summed E-state index contributed by atoms with van der Waals surface area (Å²) in [4.78, 5) is 60.0. The van der Waals surface area contributed by atoms with E-state index in [0.717, 1.165) is 6.42 Å². The average Bonchev–Trinajstić information content (AvgIpc) is 3.24. The van der Waals surface area contributed by atoms with Crippen LogP contribution < -0.4 is 32.7 Å². The van der Waals surface area contributed by atoms with Gasteiger partial charge in [-0.05, 0) is 58.5 Å². The van der Waals surface area contributed by atoms with Crippen molar-refractivity contribution < 1.29 is 29.1 Å². The fourth-order valence-corrected chi connectivity index (χ4v) is 3.15. The van der Waals surface area contributed by atoms with Crippen LogP contribution in [0.25, 0.3) is 0 Å². The predicted octanol–water partition coefficient (Wildman–Crippen LogP) is -2.31. The van der Waals surface area contributed by atoms with E-state index in [1.54, 1.807) is 0 Å². The van der Waals surface area contributed by atoms with E-state index in [9.17, 15) is 24.0 Å². The normalized spacial score (nSPS) is 18.5. The molecule has 31 heavy (non-hydrogen) atoms. The Morgan fingerprint density at radius 2 is 1.68 bits per heavy atom. The minimum Gasteiger partial charge on any atom is -0.480 e. The maximum absolute atomic E-state index is 12.9. The smallest absolute Gasteiger partial charge is 0.325 e. The predicted molar refractivity (Wildman–Crippen MR) is 111 cm³/mol. The van der Waals surface area contributed by atoms with Gasteiger partial charge in [0.05, 0.1) is 6.04 Å². The van der Waals surface area contributed by atoms with Gasteiger partial charge in [-0.15, -0.1) is 0 Å². The molecule has 9 N–H and O–H groups in total. The number of hydrogen-bond acceptors (Lipinski definition) is 7. The number of carboxylic acid groups (broad SMARTS) is 1. The Labute approximate surface area is 181 Å². The first-order valence-corrected chi connectivity index (χ1v) is 10.5. The summed E-state index contributed by atoms with van der Waals surface area (Å²) in [6.45, 7) is 2.41. The fraction of sp³-hybridized carbons (Fsp3) is 0.737. The van der Waals surface area contributed by atoms with Crippen LogP contribution in [0.1, 0.15) is 51.9 Å². The van der Waals surface area contributed by atoms with Crippen molar-refractivity contribution >= 4 is 29.6 Å². The van der Waals surface area contributed by atoms with Gasteiger partial charge >= 0.3 is 5.97 Å². The zero-order chi connectivity index (χ0) is 23.4. The third kappa shape index (κ3) is 9.75. The van der Waals surface area contributed by atoms with Crippen LogP contribution in [0.2, 0.25) is 0 Å². The molecule has 1 rings (SSSR count). The lowest BCUT2D eigenvalue weighted by Gasteiger charge is -2.24. The fourth-order valence-electron chi connectivity index (χ4n) is 3.15. The Hall–Kier alpha value is -2.73. The molecule has 1 fully saturated rings. The van der Waals surface area contributed by atoms with Crippen LogP contribution in [0, 0.1) is 0 Å². The number of carboxylic acids is 1. The van der Waals surface area contributed by atoms with E-state index in [1.807, 2.05) is 0 Å². The largest absolute Gasteiger partial charge is 0.480 e. The van der Waals surface area contributed by atoms with Crippen molar-refractivity contribution in [3.63, 3.8) is 0 Å². The first-order chi connectivity index (χ1) is 14.6. The number of carbonyl (C=O) groups is 5. The third-order valence-electron chi connectivity index (χ3n) is 5.00. The summed E-state index contributed by atoms with van der Waals surface area (Å²) in [5.74, 6) is -3.51. The Morgan fingerprint density at radius 3 is 2.23 bits per heavy atom. The summed E-state index contributed by atoms with van der Waals surface area (Å²) in [6.07, 6.45) is 2.69. The molecule has 1 aliphatic heterocycles. The van der Waals surface area contributed by atoms with Gasteiger partial charge in [0.25, 0.3) is 0 Å². The van der Waals surface area contributed by atoms with E-state index in [4.69, 9.17) is 16.6 Å². The van der Waals surface area contributed by atoms with Gasteiger partial charge < -0.3 is 37.8 Å². The maximum Gasteiger partial charge on any atom is 0.325 e. The maximum atomic E-state index is 12.9. The number of nitrogens with two attached hydrogens (primary N) is 2. The molecule has 176 valence electrons. The molecule has 1 saturated heterocycles. The van der Waals surface area contributed by atoms with Crippen LogP contribution in [0.5, 0.6) is 0 Å². The lowest BCUT2D eigenvalue weighted by molar-refractivity contribution is -0.141. The Morgan fingerprint density at radius 1 is 1.03 bits per heavy atom. The molecule has 4 unspecified atom stereocenters. The molecule has 1 aliphatic rings. The van der Waals surface area contributed by atoms with Crippen molar-refractivity contribution in [3.05, 3.63) is 0 Å². The van der Waals surface area contributed by atoms with Gasteiger partial charge in [0.2, 0.25) is 23.6 Å². The van der Waals surface area contributed by atoms with Gasteiger partial charge in [-0.3, -0.25) is 24.0 Å². The minimum absolute atomic E-state index is 0.0255. The molecule has 4 atom stereocenters. The molecule has 4 amide bonds. The number of carbonyl (C=O) groups excluding carboxylic acids is 4. The molecule has 12 heteroatoms. The van der Waals surface area contributed by atoms with Gasteiger partial charge in [-0.2, -0.15) is 0 Å². The summed E-state index contributed by atoms with van der Waals surface area (Å²) < 4.78 is 0. The summed E-state index contributed by atoms with van der Waals surface area (Å²) in [5.41, 5.74) is 10.7. The molecule has 0 saturated carbocycles. The highest BCUT2D eigenvalue weighted by atomic mass is 16.4. The Balaban J connectivity index is 2.86. The molecule has 0 spiro atoms. The SMILES string of the molecule is CC(NC(=O)C(CCCCN)NC(=O)C(CCC(N)=O)NC(=O)C1CCCN1)C(=O)O. The monoisotopic (exact) mass is 442 g/mol. The molecule has 0 radical (unpaired) electrons. The van der Waals surface area contributed by atoms with Crippen molar-refractivity contribution in [1.29, 1.82) is 0 Å². The van der Waals surface area contributed by atoms with E-state index in [-0.39, 0.29) is 25.2 Å².